The number of alkyl halides is 1. The van der Waals surface area contributed by atoms with Crippen LogP contribution in [-0.2, 0) is 5.41 Å². The Morgan fingerprint density at radius 1 is 1.67 bits per heavy atom. The average Bonchev–Trinajstić information content (AvgIpc) is 2.80. The SMILES string of the molecule is CSc1nnc(C2(C)CC2Cl)c(=O)n1N. The highest BCUT2D eigenvalue weighted by molar-refractivity contribution is 7.98. The summed E-state index contributed by atoms with van der Waals surface area (Å²) in [5.74, 6) is 5.60. The summed E-state index contributed by atoms with van der Waals surface area (Å²) >= 11 is 7.25. The van der Waals surface area contributed by atoms with Gasteiger partial charge < -0.3 is 5.84 Å². The van der Waals surface area contributed by atoms with E-state index in [1.165, 1.54) is 11.8 Å². The van der Waals surface area contributed by atoms with Gasteiger partial charge in [0.1, 0.15) is 5.69 Å². The Hall–Kier alpha value is -0.750. The van der Waals surface area contributed by atoms with E-state index in [9.17, 15) is 4.79 Å². The molecule has 0 aromatic carbocycles. The fraction of sp³-hybridized carbons (Fsp3) is 0.625. The molecule has 82 valence electrons. The Kier molecular flexibility index (Phi) is 2.42. The number of aromatic nitrogens is 3. The monoisotopic (exact) mass is 246 g/mol. The Labute approximate surface area is 96.0 Å². The van der Waals surface area contributed by atoms with E-state index >= 15 is 0 Å². The number of rotatable bonds is 2. The molecule has 0 bridgehead atoms. The summed E-state index contributed by atoms with van der Waals surface area (Å²) in [6.07, 6.45) is 2.53. The van der Waals surface area contributed by atoms with Crippen LogP contribution in [0.4, 0.5) is 0 Å². The van der Waals surface area contributed by atoms with E-state index in [1.54, 1.807) is 6.26 Å². The van der Waals surface area contributed by atoms with E-state index < -0.39 is 0 Å². The molecule has 1 aliphatic rings. The van der Waals surface area contributed by atoms with E-state index in [1.807, 2.05) is 6.92 Å². The lowest BCUT2D eigenvalue weighted by atomic mass is 10.1. The molecule has 1 aliphatic carbocycles. The van der Waals surface area contributed by atoms with Gasteiger partial charge >= 0.3 is 0 Å². The van der Waals surface area contributed by atoms with Crippen molar-refractivity contribution >= 4 is 23.4 Å². The van der Waals surface area contributed by atoms with Crippen molar-refractivity contribution in [1.82, 2.24) is 14.9 Å². The molecule has 1 aromatic heterocycles. The largest absolute Gasteiger partial charge is 0.334 e. The zero-order valence-electron chi connectivity index (χ0n) is 8.40. The van der Waals surface area contributed by atoms with Crippen molar-refractivity contribution in [2.75, 3.05) is 12.1 Å². The van der Waals surface area contributed by atoms with Crippen LogP contribution in [-0.4, -0.2) is 26.5 Å². The summed E-state index contributed by atoms with van der Waals surface area (Å²) in [7, 11) is 0. The summed E-state index contributed by atoms with van der Waals surface area (Å²) in [5.41, 5.74) is -0.299. The molecule has 15 heavy (non-hydrogen) atoms. The molecule has 2 atom stereocenters. The first-order valence-corrected chi connectivity index (χ1v) is 6.10. The highest BCUT2D eigenvalue weighted by atomic mass is 35.5. The molecule has 5 nitrogen and oxygen atoms in total. The van der Waals surface area contributed by atoms with Gasteiger partial charge in [0.05, 0.1) is 0 Å². The van der Waals surface area contributed by atoms with Crippen molar-refractivity contribution in [3.05, 3.63) is 16.0 Å². The van der Waals surface area contributed by atoms with Gasteiger partial charge in [-0.05, 0) is 12.7 Å². The molecule has 0 amide bonds. The van der Waals surface area contributed by atoms with Gasteiger partial charge in [-0.3, -0.25) is 4.79 Å². The van der Waals surface area contributed by atoms with Crippen molar-refractivity contribution in [2.45, 2.75) is 29.3 Å². The van der Waals surface area contributed by atoms with Crippen LogP contribution in [0.3, 0.4) is 0 Å². The second kappa shape index (κ2) is 3.38. The molecule has 0 radical (unpaired) electrons. The van der Waals surface area contributed by atoms with Crippen LogP contribution in [0.2, 0.25) is 0 Å². The minimum Gasteiger partial charge on any atom is -0.334 e. The molecule has 0 spiro atoms. The summed E-state index contributed by atoms with van der Waals surface area (Å²) in [4.78, 5) is 11.8. The summed E-state index contributed by atoms with van der Waals surface area (Å²) in [6, 6.07) is 0. The van der Waals surface area contributed by atoms with Crippen molar-refractivity contribution < 1.29 is 0 Å². The number of nitrogens with two attached hydrogens (primary N) is 1. The van der Waals surface area contributed by atoms with Crippen molar-refractivity contribution in [3.63, 3.8) is 0 Å². The number of hydrogen-bond acceptors (Lipinski definition) is 5. The molecule has 1 aromatic rings. The summed E-state index contributed by atoms with van der Waals surface area (Å²) < 4.78 is 1.03. The van der Waals surface area contributed by atoms with E-state index in [4.69, 9.17) is 17.4 Å². The third-order valence-electron chi connectivity index (χ3n) is 2.72. The Balaban J connectivity index is 2.53. The molecule has 2 unspecified atom stereocenters. The third kappa shape index (κ3) is 1.52. The molecule has 7 heteroatoms. The van der Waals surface area contributed by atoms with E-state index in [0.717, 1.165) is 11.1 Å². The van der Waals surface area contributed by atoms with Crippen molar-refractivity contribution in [3.8, 4) is 0 Å². The van der Waals surface area contributed by atoms with Gasteiger partial charge in [-0.25, -0.2) is 0 Å². The Morgan fingerprint density at radius 3 is 2.73 bits per heavy atom. The van der Waals surface area contributed by atoms with Gasteiger partial charge in [-0.15, -0.1) is 21.8 Å². The van der Waals surface area contributed by atoms with Crippen LogP contribution in [0, 0.1) is 0 Å². The average molecular weight is 247 g/mol. The number of halogens is 1. The summed E-state index contributed by atoms with van der Waals surface area (Å²) in [5, 5.41) is 8.18. The first-order chi connectivity index (χ1) is 7.00. The Bertz CT molecular complexity index is 462. The highest BCUT2D eigenvalue weighted by Gasteiger charge is 2.53. The molecule has 1 fully saturated rings. The maximum atomic E-state index is 11.8. The number of hydrogen-bond donors (Lipinski definition) is 1. The van der Waals surface area contributed by atoms with Gasteiger partial charge in [0, 0.05) is 10.8 Å². The number of nitrogen functional groups attached to an aromatic ring is 1. The normalized spacial score (nSPS) is 29.1. The number of nitrogens with zero attached hydrogens (tertiary/aromatic N) is 3. The van der Waals surface area contributed by atoms with Crippen LogP contribution >= 0.6 is 23.4 Å². The maximum absolute atomic E-state index is 11.8. The second-order valence-electron chi connectivity index (χ2n) is 3.80. The molecular weight excluding hydrogens is 236 g/mol. The smallest absolute Gasteiger partial charge is 0.295 e. The maximum Gasteiger partial charge on any atom is 0.295 e. The van der Waals surface area contributed by atoms with E-state index in [-0.39, 0.29) is 16.4 Å². The minimum absolute atomic E-state index is 0.0420. The van der Waals surface area contributed by atoms with Gasteiger partial charge in [0.15, 0.2) is 0 Å². The molecule has 0 saturated heterocycles. The zero-order valence-corrected chi connectivity index (χ0v) is 9.97. The highest BCUT2D eigenvalue weighted by Crippen LogP contribution is 2.49. The van der Waals surface area contributed by atoms with Crippen LogP contribution in [0.1, 0.15) is 19.0 Å². The second-order valence-corrected chi connectivity index (χ2v) is 5.10. The predicted molar refractivity (Wildman–Crippen MR) is 59.8 cm³/mol. The standard InChI is InChI=1S/C8H11ClN4OS/c1-8(3-4(8)9)5-6(14)13(10)7(15-2)12-11-5/h4H,3,10H2,1-2H3. The molecule has 2 N–H and O–H groups in total. The summed E-state index contributed by atoms with van der Waals surface area (Å²) in [6.45, 7) is 1.90. The van der Waals surface area contributed by atoms with Crippen LogP contribution in [0.25, 0.3) is 0 Å². The van der Waals surface area contributed by atoms with Gasteiger partial charge in [-0.2, -0.15) is 4.68 Å². The molecule has 1 saturated carbocycles. The van der Waals surface area contributed by atoms with Crippen LogP contribution in [0.15, 0.2) is 9.95 Å². The molecule has 0 aliphatic heterocycles. The first kappa shape index (κ1) is 10.8. The minimum atomic E-state index is -0.357. The first-order valence-electron chi connectivity index (χ1n) is 4.44. The topological polar surface area (TPSA) is 73.8 Å². The van der Waals surface area contributed by atoms with E-state index in [2.05, 4.69) is 10.2 Å². The fourth-order valence-electron chi connectivity index (χ4n) is 1.44. The molecule has 1 heterocycles. The zero-order chi connectivity index (χ0) is 11.2. The van der Waals surface area contributed by atoms with Crippen LogP contribution < -0.4 is 11.4 Å². The van der Waals surface area contributed by atoms with Crippen LogP contribution in [0.5, 0.6) is 0 Å². The number of thioether (sulfide) groups is 1. The quantitative estimate of drug-likeness (QED) is 0.463. The Morgan fingerprint density at radius 2 is 2.27 bits per heavy atom. The fourth-order valence-corrected chi connectivity index (χ4v) is 2.27. The van der Waals surface area contributed by atoms with Crippen molar-refractivity contribution in [2.24, 2.45) is 0 Å². The third-order valence-corrected chi connectivity index (χ3v) is 4.00. The predicted octanol–water partition coefficient (Wildman–Crippen LogP) is 0.343. The van der Waals surface area contributed by atoms with Gasteiger partial charge in [0.2, 0.25) is 5.16 Å². The lowest BCUT2D eigenvalue weighted by Crippen LogP contribution is -2.36. The lowest BCUT2D eigenvalue weighted by molar-refractivity contribution is 0.616. The lowest BCUT2D eigenvalue weighted by Gasteiger charge is -2.09. The van der Waals surface area contributed by atoms with Gasteiger partial charge in [-0.1, -0.05) is 18.7 Å². The molecular formula is C8H11ClN4OS. The van der Waals surface area contributed by atoms with E-state index in [0.29, 0.717) is 10.9 Å². The van der Waals surface area contributed by atoms with Crippen molar-refractivity contribution in [1.29, 1.82) is 0 Å². The molecule has 2 rings (SSSR count). The van der Waals surface area contributed by atoms with Gasteiger partial charge in [0.25, 0.3) is 5.56 Å².